The molecule has 1 atom stereocenters. The summed E-state index contributed by atoms with van der Waals surface area (Å²) in [5.74, 6) is -6.21. The average molecular weight is 391 g/mol. The number of hydrogen-bond donors (Lipinski definition) is 1. The molecule has 0 fully saturated rings. The van der Waals surface area contributed by atoms with Gasteiger partial charge in [0.15, 0.2) is 33.1 Å². The normalized spacial score (nSPS) is 12.7. The van der Waals surface area contributed by atoms with E-state index in [2.05, 4.69) is 0 Å². The summed E-state index contributed by atoms with van der Waals surface area (Å²) in [6.07, 6.45) is 0.949. The van der Waals surface area contributed by atoms with Crippen LogP contribution in [-0.2, 0) is 19.4 Å². The number of Topliss-reactive ketones (excluding diaryl/α,β-unsaturated/α-hetero) is 2. The van der Waals surface area contributed by atoms with Crippen LogP contribution >= 0.6 is 11.6 Å². The Morgan fingerprint density at radius 3 is 2.20 bits per heavy atom. The molecule has 0 heterocycles. The topological polar surface area (TPSA) is 115 Å². The number of halogens is 1. The summed E-state index contributed by atoms with van der Waals surface area (Å²) in [5, 5.41) is 8.92. The fourth-order valence-electron chi connectivity index (χ4n) is 2.15. The number of carboxylic acid groups (broad SMARTS) is 1. The highest BCUT2D eigenvalue weighted by molar-refractivity contribution is 7.90. The second-order valence-corrected chi connectivity index (χ2v) is 8.01. The predicted octanol–water partition coefficient (Wildman–Crippen LogP) is 2.25. The summed E-state index contributed by atoms with van der Waals surface area (Å²) in [6.45, 7) is 4.63. The van der Waals surface area contributed by atoms with Crippen molar-refractivity contribution in [3.8, 4) is 5.75 Å². The van der Waals surface area contributed by atoms with Gasteiger partial charge >= 0.3 is 5.97 Å². The van der Waals surface area contributed by atoms with Gasteiger partial charge in [0.05, 0.1) is 11.6 Å². The van der Waals surface area contributed by atoms with Crippen LogP contribution in [0.15, 0.2) is 17.0 Å². The molecular formula is C16H19ClO7S. The van der Waals surface area contributed by atoms with Gasteiger partial charge in [-0.1, -0.05) is 25.4 Å². The second-order valence-electron chi connectivity index (χ2n) is 5.65. The lowest BCUT2D eigenvalue weighted by Gasteiger charge is -2.16. The summed E-state index contributed by atoms with van der Waals surface area (Å²) in [4.78, 5) is 35.8. The summed E-state index contributed by atoms with van der Waals surface area (Å²) >= 11 is 6.11. The lowest BCUT2D eigenvalue weighted by atomic mass is 9.88. The van der Waals surface area contributed by atoms with Gasteiger partial charge < -0.3 is 9.84 Å². The summed E-state index contributed by atoms with van der Waals surface area (Å²) < 4.78 is 28.9. The average Bonchev–Trinajstić information content (AvgIpc) is 2.47. The van der Waals surface area contributed by atoms with Gasteiger partial charge in [-0.3, -0.25) is 14.4 Å². The Bertz CT molecular complexity index is 812. The van der Waals surface area contributed by atoms with Gasteiger partial charge in [0.25, 0.3) is 0 Å². The maximum atomic E-state index is 12.6. The predicted molar refractivity (Wildman–Crippen MR) is 91.0 cm³/mol. The Morgan fingerprint density at radius 2 is 1.80 bits per heavy atom. The van der Waals surface area contributed by atoms with Gasteiger partial charge in [-0.05, 0) is 19.1 Å². The highest BCUT2D eigenvalue weighted by atomic mass is 35.5. The Labute approximate surface area is 150 Å². The first kappa shape index (κ1) is 21.1. The molecule has 1 N–H and O–H groups in total. The molecule has 0 aliphatic rings. The monoisotopic (exact) mass is 390 g/mol. The molecule has 1 unspecified atom stereocenters. The van der Waals surface area contributed by atoms with Crippen molar-refractivity contribution < 1.29 is 32.6 Å². The van der Waals surface area contributed by atoms with E-state index in [1.807, 2.05) is 0 Å². The number of carboxylic acids is 1. The number of aliphatic carboxylic acids is 1. The molecule has 1 aromatic rings. The van der Waals surface area contributed by atoms with E-state index in [0.717, 1.165) is 18.4 Å². The molecule has 0 saturated carbocycles. The molecule has 0 bridgehead atoms. The highest BCUT2D eigenvalue weighted by Gasteiger charge is 2.37. The third kappa shape index (κ3) is 4.58. The lowest BCUT2D eigenvalue weighted by molar-refractivity contribution is -0.144. The Balaban J connectivity index is 3.57. The number of hydrogen-bond acceptors (Lipinski definition) is 6. The first-order chi connectivity index (χ1) is 11.4. The smallest absolute Gasteiger partial charge is 0.322 e. The van der Waals surface area contributed by atoms with Crippen LogP contribution in [0, 0.1) is 11.8 Å². The van der Waals surface area contributed by atoms with Gasteiger partial charge in [-0.25, -0.2) is 8.42 Å². The number of ether oxygens (including phenoxy) is 1. The summed E-state index contributed by atoms with van der Waals surface area (Å²) in [7, 11) is -3.69. The van der Waals surface area contributed by atoms with Crippen molar-refractivity contribution in [3.63, 3.8) is 0 Å². The van der Waals surface area contributed by atoms with Gasteiger partial charge in [0.2, 0.25) is 0 Å². The van der Waals surface area contributed by atoms with E-state index in [9.17, 15) is 27.9 Å². The minimum absolute atomic E-state index is 0.0766. The minimum Gasteiger partial charge on any atom is -0.491 e. The summed E-state index contributed by atoms with van der Waals surface area (Å²) in [5.41, 5.74) is -0.279. The van der Waals surface area contributed by atoms with Gasteiger partial charge in [-0.15, -0.1) is 0 Å². The third-order valence-electron chi connectivity index (χ3n) is 3.38. The molecule has 9 heteroatoms. The van der Waals surface area contributed by atoms with Crippen molar-refractivity contribution in [2.24, 2.45) is 11.8 Å². The molecule has 25 heavy (non-hydrogen) atoms. The Kier molecular flexibility index (Phi) is 6.73. The summed E-state index contributed by atoms with van der Waals surface area (Å²) in [6, 6.07) is 2.20. The molecule has 0 aromatic heterocycles. The molecule has 0 spiro atoms. The number of sulfone groups is 1. The fraction of sp³-hybridized carbons (Fsp3) is 0.438. The van der Waals surface area contributed by atoms with E-state index >= 15 is 0 Å². The molecule has 1 aromatic carbocycles. The maximum Gasteiger partial charge on any atom is 0.322 e. The van der Waals surface area contributed by atoms with Crippen LogP contribution in [0.4, 0.5) is 0 Å². The van der Waals surface area contributed by atoms with Crippen molar-refractivity contribution in [2.75, 3.05) is 12.9 Å². The fourth-order valence-corrected chi connectivity index (χ4v) is 3.33. The van der Waals surface area contributed by atoms with Crippen molar-refractivity contribution in [3.05, 3.63) is 22.7 Å². The van der Waals surface area contributed by atoms with Crippen molar-refractivity contribution in [1.29, 1.82) is 0 Å². The number of benzene rings is 1. The van der Waals surface area contributed by atoms with Crippen molar-refractivity contribution in [1.82, 2.24) is 0 Å². The Hall–Kier alpha value is -1.93. The van der Waals surface area contributed by atoms with Gasteiger partial charge in [-0.2, -0.15) is 0 Å². The molecule has 0 aliphatic heterocycles. The first-order valence-electron chi connectivity index (χ1n) is 7.39. The lowest BCUT2D eigenvalue weighted by Crippen LogP contribution is -2.34. The van der Waals surface area contributed by atoms with E-state index in [-0.39, 0.29) is 27.8 Å². The number of rotatable bonds is 8. The molecule has 0 saturated heterocycles. The molecular weight excluding hydrogens is 372 g/mol. The van der Waals surface area contributed by atoms with Crippen LogP contribution in [0.2, 0.25) is 5.02 Å². The zero-order valence-corrected chi connectivity index (χ0v) is 15.8. The zero-order valence-electron chi connectivity index (χ0n) is 14.2. The first-order valence-corrected chi connectivity index (χ1v) is 9.66. The number of carbonyl (C=O) groups is 3. The zero-order chi connectivity index (χ0) is 19.5. The molecule has 7 nitrogen and oxygen atoms in total. The van der Waals surface area contributed by atoms with E-state index in [4.69, 9.17) is 16.3 Å². The number of carbonyl (C=O) groups excluding carboxylic acids is 2. The van der Waals surface area contributed by atoms with Crippen molar-refractivity contribution in [2.45, 2.75) is 25.7 Å². The van der Waals surface area contributed by atoms with Gasteiger partial charge in [0.1, 0.15) is 4.90 Å². The van der Waals surface area contributed by atoms with Crippen LogP contribution in [0.25, 0.3) is 0 Å². The Morgan fingerprint density at radius 1 is 1.24 bits per heavy atom. The van der Waals surface area contributed by atoms with E-state index < -0.39 is 39.2 Å². The quantitative estimate of drug-likeness (QED) is 0.534. The number of ketones is 2. The van der Waals surface area contributed by atoms with Gasteiger partial charge in [0, 0.05) is 17.7 Å². The largest absolute Gasteiger partial charge is 0.491 e. The minimum atomic E-state index is -3.69. The third-order valence-corrected chi connectivity index (χ3v) is 4.87. The standard InChI is InChI=1S/C16H19ClO7S/c1-5-24-15-10(25(4,22)23)7-6-9(12(15)17)14(19)11(16(20)21)13(18)8(2)3/h6-8,11H,5H2,1-4H3,(H,20,21). The van der Waals surface area contributed by atoms with Crippen LogP contribution in [0.1, 0.15) is 31.1 Å². The van der Waals surface area contributed by atoms with Crippen molar-refractivity contribution >= 4 is 39.0 Å². The molecule has 0 radical (unpaired) electrons. The second kappa shape index (κ2) is 7.97. The molecule has 138 valence electrons. The highest BCUT2D eigenvalue weighted by Crippen LogP contribution is 2.36. The SMILES string of the molecule is CCOc1c(S(C)(=O)=O)ccc(C(=O)C(C(=O)O)C(=O)C(C)C)c1Cl. The van der Waals surface area contributed by atoms with Crippen LogP contribution < -0.4 is 4.74 Å². The van der Waals surface area contributed by atoms with E-state index in [1.165, 1.54) is 13.8 Å². The molecule has 0 aliphatic carbocycles. The molecule has 1 rings (SSSR count). The van der Waals surface area contributed by atoms with Crippen LogP contribution in [0.5, 0.6) is 5.75 Å². The molecule has 0 amide bonds. The van der Waals surface area contributed by atoms with E-state index in [1.54, 1.807) is 6.92 Å². The van der Waals surface area contributed by atoms with Crippen LogP contribution in [-0.4, -0.2) is 43.9 Å². The van der Waals surface area contributed by atoms with E-state index in [0.29, 0.717) is 0 Å². The maximum absolute atomic E-state index is 12.6. The van der Waals surface area contributed by atoms with Crippen LogP contribution in [0.3, 0.4) is 0 Å².